The SMILES string of the molecule is COC1CC(C(=O)O)N(C(=O)c2ccc(F)c(SC)c2)C1. The molecule has 7 heteroatoms. The number of rotatable bonds is 4. The van der Waals surface area contributed by atoms with Crippen LogP contribution < -0.4 is 0 Å². The van der Waals surface area contributed by atoms with Gasteiger partial charge < -0.3 is 14.7 Å². The number of benzene rings is 1. The molecule has 1 amide bonds. The van der Waals surface area contributed by atoms with Gasteiger partial charge in [-0.05, 0) is 24.5 Å². The Morgan fingerprint density at radius 3 is 2.76 bits per heavy atom. The van der Waals surface area contributed by atoms with Crippen molar-refractivity contribution in [1.29, 1.82) is 0 Å². The number of nitrogens with zero attached hydrogens (tertiary/aromatic N) is 1. The molecule has 2 rings (SSSR count). The smallest absolute Gasteiger partial charge is 0.326 e. The first-order valence-corrected chi connectivity index (χ1v) is 7.60. The molecule has 0 bridgehead atoms. The first-order chi connectivity index (χ1) is 9.97. The van der Waals surface area contributed by atoms with Crippen molar-refractivity contribution in [1.82, 2.24) is 4.90 Å². The van der Waals surface area contributed by atoms with Gasteiger partial charge in [-0.15, -0.1) is 11.8 Å². The summed E-state index contributed by atoms with van der Waals surface area (Å²) >= 11 is 1.19. The van der Waals surface area contributed by atoms with Gasteiger partial charge in [0.15, 0.2) is 0 Å². The van der Waals surface area contributed by atoms with Gasteiger partial charge in [0.25, 0.3) is 5.91 Å². The van der Waals surface area contributed by atoms with Crippen molar-refractivity contribution in [3.8, 4) is 0 Å². The van der Waals surface area contributed by atoms with E-state index >= 15 is 0 Å². The number of carboxylic acid groups (broad SMARTS) is 1. The number of thioether (sulfide) groups is 1. The van der Waals surface area contributed by atoms with E-state index in [-0.39, 0.29) is 24.6 Å². The Kier molecular flexibility index (Phi) is 4.84. The van der Waals surface area contributed by atoms with Crippen molar-refractivity contribution in [2.24, 2.45) is 0 Å². The Labute approximate surface area is 126 Å². The summed E-state index contributed by atoms with van der Waals surface area (Å²) in [4.78, 5) is 25.4. The first-order valence-electron chi connectivity index (χ1n) is 6.38. The third kappa shape index (κ3) is 3.19. The number of likely N-dealkylation sites (tertiary alicyclic amines) is 1. The molecule has 0 saturated carbocycles. The summed E-state index contributed by atoms with van der Waals surface area (Å²) < 4.78 is 18.6. The molecule has 2 unspecified atom stereocenters. The molecule has 1 saturated heterocycles. The number of carbonyl (C=O) groups excluding carboxylic acids is 1. The Morgan fingerprint density at radius 2 is 2.19 bits per heavy atom. The molecule has 114 valence electrons. The highest BCUT2D eigenvalue weighted by Crippen LogP contribution is 2.25. The number of carboxylic acids is 1. The number of methoxy groups -OCH3 is 1. The molecule has 1 aromatic rings. The third-order valence-corrected chi connectivity index (χ3v) is 4.29. The zero-order chi connectivity index (χ0) is 15.6. The van der Waals surface area contributed by atoms with E-state index in [2.05, 4.69) is 0 Å². The predicted octanol–water partition coefficient (Wildman–Crippen LogP) is 1.86. The molecule has 1 aliphatic rings. The largest absolute Gasteiger partial charge is 0.480 e. The Bertz CT molecular complexity index is 566. The monoisotopic (exact) mass is 313 g/mol. The van der Waals surface area contributed by atoms with Crippen LogP contribution in [0, 0.1) is 5.82 Å². The van der Waals surface area contributed by atoms with Crippen LogP contribution in [0.1, 0.15) is 16.8 Å². The van der Waals surface area contributed by atoms with Crippen molar-refractivity contribution < 1.29 is 23.8 Å². The van der Waals surface area contributed by atoms with Crippen LogP contribution in [0.2, 0.25) is 0 Å². The summed E-state index contributed by atoms with van der Waals surface area (Å²) in [6, 6.07) is 3.13. The van der Waals surface area contributed by atoms with Gasteiger partial charge in [-0.3, -0.25) is 4.79 Å². The number of hydrogen-bond donors (Lipinski definition) is 1. The average Bonchev–Trinajstić information content (AvgIpc) is 2.91. The maximum Gasteiger partial charge on any atom is 0.326 e. The number of ether oxygens (including phenoxy) is 1. The molecule has 1 aromatic carbocycles. The summed E-state index contributed by atoms with van der Waals surface area (Å²) in [6.07, 6.45) is 1.67. The van der Waals surface area contributed by atoms with Crippen molar-refractivity contribution in [3.63, 3.8) is 0 Å². The first kappa shape index (κ1) is 15.8. The zero-order valence-electron chi connectivity index (χ0n) is 11.7. The molecular formula is C14H16FNO4S. The van der Waals surface area contributed by atoms with Crippen LogP contribution in [0.25, 0.3) is 0 Å². The van der Waals surface area contributed by atoms with Crippen molar-refractivity contribution in [3.05, 3.63) is 29.6 Å². The molecule has 1 aliphatic heterocycles. The van der Waals surface area contributed by atoms with Gasteiger partial charge in [-0.25, -0.2) is 9.18 Å². The standard InChI is InChI=1S/C14H16FNO4S/c1-20-9-6-11(14(18)19)16(7-9)13(17)8-3-4-10(15)12(5-8)21-2/h3-5,9,11H,6-7H2,1-2H3,(H,18,19). The fourth-order valence-electron chi connectivity index (χ4n) is 2.39. The van der Waals surface area contributed by atoms with E-state index in [0.29, 0.717) is 4.90 Å². The lowest BCUT2D eigenvalue weighted by atomic mass is 10.1. The second-order valence-electron chi connectivity index (χ2n) is 4.75. The highest BCUT2D eigenvalue weighted by Gasteiger charge is 2.40. The Balaban J connectivity index is 2.27. The van der Waals surface area contributed by atoms with Crippen LogP contribution in [-0.4, -0.2) is 53.9 Å². The van der Waals surface area contributed by atoms with Gasteiger partial charge in [0.1, 0.15) is 11.9 Å². The molecule has 0 spiro atoms. The van der Waals surface area contributed by atoms with Gasteiger partial charge in [-0.1, -0.05) is 0 Å². The fraction of sp³-hybridized carbons (Fsp3) is 0.429. The molecule has 1 heterocycles. The molecule has 1 fully saturated rings. The number of carbonyl (C=O) groups is 2. The van der Waals surface area contributed by atoms with Crippen LogP contribution in [0.4, 0.5) is 4.39 Å². The second kappa shape index (κ2) is 6.44. The lowest BCUT2D eigenvalue weighted by Crippen LogP contribution is -2.40. The summed E-state index contributed by atoms with van der Waals surface area (Å²) in [7, 11) is 1.49. The minimum absolute atomic E-state index is 0.221. The minimum atomic E-state index is -1.06. The maximum absolute atomic E-state index is 13.5. The van der Waals surface area contributed by atoms with Gasteiger partial charge in [0, 0.05) is 30.5 Å². The molecule has 21 heavy (non-hydrogen) atoms. The van der Waals surface area contributed by atoms with Gasteiger partial charge in [0.2, 0.25) is 0 Å². The van der Waals surface area contributed by atoms with E-state index in [4.69, 9.17) is 4.74 Å². The number of aliphatic carboxylic acids is 1. The van der Waals surface area contributed by atoms with Gasteiger partial charge >= 0.3 is 5.97 Å². The maximum atomic E-state index is 13.5. The zero-order valence-corrected chi connectivity index (χ0v) is 12.5. The molecule has 2 atom stereocenters. The predicted molar refractivity (Wildman–Crippen MR) is 76.1 cm³/mol. The molecule has 5 nitrogen and oxygen atoms in total. The quantitative estimate of drug-likeness (QED) is 0.860. The van der Waals surface area contributed by atoms with Crippen molar-refractivity contribution >= 4 is 23.6 Å². The normalized spacial score (nSPS) is 21.6. The molecule has 0 radical (unpaired) electrons. The molecule has 0 aliphatic carbocycles. The van der Waals surface area contributed by atoms with E-state index in [1.165, 1.54) is 42.0 Å². The Hall–Kier alpha value is -1.60. The van der Waals surface area contributed by atoms with E-state index in [0.717, 1.165) is 0 Å². The third-order valence-electron chi connectivity index (χ3n) is 3.54. The fourth-order valence-corrected chi connectivity index (χ4v) is 2.89. The number of halogens is 1. The van der Waals surface area contributed by atoms with Crippen LogP contribution >= 0.6 is 11.8 Å². The lowest BCUT2D eigenvalue weighted by Gasteiger charge is -2.21. The average molecular weight is 313 g/mol. The van der Waals surface area contributed by atoms with E-state index in [1.54, 1.807) is 6.26 Å². The van der Waals surface area contributed by atoms with Gasteiger partial charge in [-0.2, -0.15) is 0 Å². The molecule has 1 N–H and O–H groups in total. The Morgan fingerprint density at radius 1 is 1.48 bits per heavy atom. The van der Waals surface area contributed by atoms with Crippen LogP contribution in [-0.2, 0) is 9.53 Å². The number of hydrogen-bond acceptors (Lipinski definition) is 4. The van der Waals surface area contributed by atoms with Crippen LogP contribution in [0.5, 0.6) is 0 Å². The lowest BCUT2D eigenvalue weighted by molar-refractivity contribution is -0.141. The van der Waals surface area contributed by atoms with E-state index in [1.807, 2.05) is 0 Å². The van der Waals surface area contributed by atoms with E-state index in [9.17, 15) is 19.1 Å². The minimum Gasteiger partial charge on any atom is -0.480 e. The van der Waals surface area contributed by atoms with Crippen LogP contribution in [0.15, 0.2) is 23.1 Å². The number of amides is 1. The molecular weight excluding hydrogens is 297 g/mol. The topological polar surface area (TPSA) is 66.8 Å². The highest BCUT2D eigenvalue weighted by molar-refractivity contribution is 7.98. The van der Waals surface area contributed by atoms with Gasteiger partial charge in [0.05, 0.1) is 6.10 Å². The summed E-state index contributed by atoms with van der Waals surface area (Å²) in [5, 5.41) is 9.22. The van der Waals surface area contributed by atoms with Crippen LogP contribution in [0.3, 0.4) is 0 Å². The van der Waals surface area contributed by atoms with E-state index < -0.39 is 23.7 Å². The summed E-state index contributed by atoms with van der Waals surface area (Å²) in [6.45, 7) is 0.221. The highest BCUT2D eigenvalue weighted by atomic mass is 32.2. The summed E-state index contributed by atoms with van der Waals surface area (Å²) in [5.74, 6) is -1.88. The van der Waals surface area contributed by atoms with Crippen molar-refractivity contribution in [2.45, 2.75) is 23.5 Å². The molecule has 0 aromatic heterocycles. The summed E-state index contributed by atoms with van der Waals surface area (Å²) in [5.41, 5.74) is 0.281. The van der Waals surface area contributed by atoms with Crippen molar-refractivity contribution in [2.75, 3.05) is 19.9 Å². The second-order valence-corrected chi connectivity index (χ2v) is 5.60.